The van der Waals surface area contributed by atoms with Gasteiger partial charge in [-0.05, 0) is 58.7 Å². The van der Waals surface area contributed by atoms with Crippen LogP contribution in [0, 0.1) is 23.7 Å². The Kier molecular flexibility index (Phi) is 9.97. The summed E-state index contributed by atoms with van der Waals surface area (Å²) in [5.74, 6) is 13.2. The van der Waals surface area contributed by atoms with Gasteiger partial charge in [0.05, 0.1) is 11.0 Å². The van der Waals surface area contributed by atoms with Gasteiger partial charge in [-0.1, -0.05) is 60.1 Å². The molecular weight excluding hydrogens is 709 g/mol. The lowest BCUT2D eigenvalue weighted by molar-refractivity contribution is -0.688. The Morgan fingerprint density at radius 1 is 0.379 bits per heavy atom. The number of fused-ring (bicyclic) bond motifs is 3. The van der Waals surface area contributed by atoms with Crippen molar-refractivity contribution in [2.24, 2.45) is 14.1 Å². The van der Waals surface area contributed by atoms with Gasteiger partial charge in [0, 0.05) is 105 Å². The maximum Gasteiger partial charge on any atom is 0.173 e. The van der Waals surface area contributed by atoms with Crippen LogP contribution < -0.4 is 18.3 Å². The molecule has 274 valence electrons. The fourth-order valence-electron chi connectivity index (χ4n) is 6.92. The van der Waals surface area contributed by atoms with E-state index in [1.165, 1.54) is 33.4 Å². The van der Waals surface area contributed by atoms with E-state index in [4.69, 9.17) is 9.97 Å². The van der Waals surface area contributed by atoms with E-state index >= 15 is 0 Å². The summed E-state index contributed by atoms with van der Waals surface area (Å²) >= 11 is 0. The molecule has 0 radical (unpaired) electrons. The second-order valence-electron chi connectivity index (χ2n) is 14.6. The number of aryl methyl sites for hydroxylation is 2. The van der Waals surface area contributed by atoms with Crippen molar-refractivity contribution in [1.82, 2.24) is 9.97 Å². The third-order valence-electron chi connectivity index (χ3n) is 10.2. The number of benzene rings is 3. The Morgan fingerprint density at radius 3 is 1.07 bits per heavy atom. The van der Waals surface area contributed by atoms with Crippen LogP contribution in [0.3, 0.4) is 0 Å². The second-order valence-corrected chi connectivity index (χ2v) is 14.6. The van der Waals surface area contributed by atoms with Crippen molar-refractivity contribution >= 4 is 21.8 Å². The Morgan fingerprint density at radius 2 is 0.707 bits per heavy atom. The van der Waals surface area contributed by atoms with Gasteiger partial charge in [-0.3, -0.25) is 9.97 Å². The van der Waals surface area contributed by atoms with E-state index in [9.17, 15) is 0 Å². The van der Waals surface area contributed by atoms with E-state index < -0.39 is 0 Å². The van der Waals surface area contributed by atoms with E-state index in [0.29, 0.717) is 0 Å². The van der Waals surface area contributed by atoms with Crippen molar-refractivity contribution in [1.29, 1.82) is 0 Å². The van der Waals surface area contributed by atoms with Gasteiger partial charge >= 0.3 is 0 Å². The average Bonchev–Trinajstić information content (AvgIpc) is 3.27. The maximum absolute atomic E-state index is 4.79. The molecule has 0 amide bonds. The molecule has 9 aromatic rings. The molecule has 6 nitrogen and oxygen atoms in total. The molecule has 0 unspecified atom stereocenters. The van der Waals surface area contributed by atoms with Crippen molar-refractivity contribution in [2.45, 2.75) is 13.1 Å². The summed E-state index contributed by atoms with van der Waals surface area (Å²) in [6, 6.07) is 42.4. The zero-order valence-electron chi connectivity index (χ0n) is 32.4. The standard InChI is InChI=1S/C52H40N6/c1-55-25-17-45(18-26-55)47-21-29-57(30-22-47)37-41-9-3-39(4-10-41)7-13-43-33-49-15-16-50-34-44(36-54-52(50)51(49)53-35-43)14-8-40-5-11-42(12-6-40)38-58-31-23-48(24-32-58)46-19-27-56(2)28-20-46/h3-6,9-12,15-36H,37-38H2,1-2H3/q+4. The first kappa shape index (κ1) is 35.9. The summed E-state index contributed by atoms with van der Waals surface area (Å²) in [5.41, 5.74) is 12.6. The lowest BCUT2D eigenvalue weighted by atomic mass is 10.1. The van der Waals surface area contributed by atoms with Crippen LogP contribution in [0.1, 0.15) is 33.4 Å². The molecule has 0 saturated heterocycles. The summed E-state index contributed by atoms with van der Waals surface area (Å²) in [6.07, 6.45) is 20.4. The van der Waals surface area contributed by atoms with Crippen LogP contribution in [0.15, 0.2) is 183 Å². The van der Waals surface area contributed by atoms with Gasteiger partial charge in [0.15, 0.2) is 62.7 Å². The lowest BCUT2D eigenvalue weighted by Gasteiger charge is -2.03. The highest BCUT2D eigenvalue weighted by molar-refractivity contribution is 6.03. The molecule has 0 N–H and O–H groups in total. The highest BCUT2D eigenvalue weighted by Crippen LogP contribution is 2.24. The smallest absolute Gasteiger partial charge is 0.173 e. The lowest BCUT2D eigenvalue weighted by Crippen LogP contribution is -2.33. The van der Waals surface area contributed by atoms with Gasteiger partial charge in [0.2, 0.25) is 0 Å². The first-order chi connectivity index (χ1) is 28.5. The molecule has 0 aliphatic rings. The molecule has 6 aromatic heterocycles. The minimum Gasteiger partial charge on any atom is -0.253 e. The van der Waals surface area contributed by atoms with Crippen LogP contribution in [-0.4, -0.2) is 9.97 Å². The number of hydrogen-bond acceptors (Lipinski definition) is 2. The minimum absolute atomic E-state index is 0.793. The van der Waals surface area contributed by atoms with Crippen LogP contribution in [0.2, 0.25) is 0 Å². The first-order valence-electron chi connectivity index (χ1n) is 19.3. The number of hydrogen-bond donors (Lipinski definition) is 0. The predicted molar refractivity (Wildman–Crippen MR) is 227 cm³/mol. The minimum atomic E-state index is 0.793. The number of aromatic nitrogens is 6. The molecule has 6 heteroatoms. The Hall–Kier alpha value is -7.80. The molecule has 6 heterocycles. The van der Waals surface area contributed by atoms with E-state index in [0.717, 1.165) is 57.1 Å². The zero-order chi connectivity index (χ0) is 39.3. The molecule has 0 fully saturated rings. The van der Waals surface area contributed by atoms with E-state index in [1.807, 2.05) is 35.6 Å². The molecule has 0 spiro atoms. The molecule has 0 aliphatic carbocycles. The van der Waals surface area contributed by atoms with Crippen molar-refractivity contribution in [2.75, 3.05) is 0 Å². The largest absolute Gasteiger partial charge is 0.253 e. The first-order valence-corrected chi connectivity index (χ1v) is 19.3. The number of rotatable bonds is 6. The van der Waals surface area contributed by atoms with Gasteiger partial charge in [-0.2, -0.15) is 0 Å². The monoisotopic (exact) mass is 748 g/mol. The Balaban J connectivity index is 0.823. The molecule has 58 heavy (non-hydrogen) atoms. The average molecular weight is 749 g/mol. The van der Waals surface area contributed by atoms with Crippen LogP contribution in [0.4, 0.5) is 0 Å². The number of pyridine rings is 6. The van der Waals surface area contributed by atoms with Gasteiger partial charge in [0.25, 0.3) is 0 Å². The van der Waals surface area contributed by atoms with E-state index in [1.54, 1.807) is 0 Å². The molecule has 0 saturated carbocycles. The van der Waals surface area contributed by atoms with Crippen molar-refractivity contribution in [3.8, 4) is 45.9 Å². The topological polar surface area (TPSA) is 41.3 Å². The van der Waals surface area contributed by atoms with Gasteiger partial charge in [-0.15, -0.1) is 0 Å². The van der Waals surface area contributed by atoms with E-state index in [2.05, 4.69) is 204 Å². The van der Waals surface area contributed by atoms with Crippen molar-refractivity contribution in [3.63, 3.8) is 0 Å². The SMILES string of the molecule is C[n+]1ccc(-c2cc[n+](Cc3ccc(C#Cc4cnc5c(ccc6cc(C#Cc7ccc(C[n+]8ccc(-c9cc[n+](C)cc9)cc8)cc7)cnc65)c4)cc3)cc2)cc1. The van der Waals surface area contributed by atoms with Crippen LogP contribution in [0.5, 0.6) is 0 Å². The maximum atomic E-state index is 4.79. The highest BCUT2D eigenvalue weighted by Gasteiger charge is 2.09. The highest BCUT2D eigenvalue weighted by atomic mass is 14.9. The van der Waals surface area contributed by atoms with Gasteiger partial charge < -0.3 is 0 Å². The third kappa shape index (κ3) is 8.38. The Labute approximate surface area is 338 Å². The van der Waals surface area contributed by atoms with Crippen molar-refractivity contribution < 1.29 is 18.3 Å². The normalized spacial score (nSPS) is 10.8. The second kappa shape index (κ2) is 16.1. The van der Waals surface area contributed by atoms with Crippen LogP contribution in [0.25, 0.3) is 44.1 Å². The predicted octanol–water partition coefficient (Wildman–Crippen LogP) is 7.24. The summed E-state index contributed by atoms with van der Waals surface area (Å²) < 4.78 is 8.46. The van der Waals surface area contributed by atoms with Crippen molar-refractivity contribution in [3.05, 3.63) is 217 Å². The molecule has 0 atom stereocenters. The molecular formula is C52H40N6+4. The molecule has 9 rings (SSSR count). The van der Waals surface area contributed by atoms with Gasteiger partial charge in [-0.25, -0.2) is 18.3 Å². The fraction of sp³-hybridized carbons (Fsp3) is 0.0769. The Bertz CT molecular complexity index is 2810. The summed E-state index contributed by atoms with van der Waals surface area (Å²) in [7, 11) is 4.06. The van der Waals surface area contributed by atoms with E-state index in [-0.39, 0.29) is 0 Å². The fourth-order valence-corrected chi connectivity index (χ4v) is 6.92. The quantitative estimate of drug-likeness (QED) is 0.102. The molecule has 0 bridgehead atoms. The summed E-state index contributed by atoms with van der Waals surface area (Å²) in [6.45, 7) is 1.59. The van der Waals surface area contributed by atoms with Gasteiger partial charge in [0.1, 0.15) is 14.1 Å². The summed E-state index contributed by atoms with van der Waals surface area (Å²) in [4.78, 5) is 9.57. The molecule has 0 aliphatic heterocycles. The van der Waals surface area contributed by atoms with Crippen LogP contribution in [-0.2, 0) is 27.2 Å². The van der Waals surface area contributed by atoms with Crippen LogP contribution >= 0.6 is 0 Å². The number of nitrogens with zero attached hydrogens (tertiary/aromatic N) is 6. The zero-order valence-corrected chi connectivity index (χ0v) is 32.4. The third-order valence-corrected chi connectivity index (χ3v) is 10.2. The summed E-state index contributed by atoms with van der Waals surface area (Å²) in [5, 5.41) is 2.01. The molecule has 3 aromatic carbocycles.